The van der Waals surface area contributed by atoms with Gasteiger partial charge in [-0.3, -0.25) is 9.69 Å². The van der Waals surface area contributed by atoms with E-state index < -0.39 is 24.2 Å². The van der Waals surface area contributed by atoms with Crippen molar-refractivity contribution in [3.63, 3.8) is 0 Å². The van der Waals surface area contributed by atoms with Gasteiger partial charge in [-0.2, -0.15) is 13.2 Å². The van der Waals surface area contributed by atoms with Crippen molar-refractivity contribution in [1.29, 1.82) is 0 Å². The second-order valence-electron chi connectivity index (χ2n) is 5.24. The van der Waals surface area contributed by atoms with Crippen molar-refractivity contribution in [2.75, 3.05) is 13.1 Å². The van der Waals surface area contributed by atoms with Crippen molar-refractivity contribution in [2.24, 2.45) is 0 Å². The third-order valence-corrected chi connectivity index (χ3v) is 3.35. The van der Waals surface area contributed by atoms with Crippen LogP contribution in [0.25, 0.3) is 0 Å². The molecule has 1 aliphatic heterocycles. The van der Waals surface area contributed by atoms with Gasteiger partial charge in [-0.15, -0.1) is 0 Å². The van der Waals surface area contributed by atoms with Crippen molar-refractivity contribution in [2.45, 2.75) is 31.3 Å². The lowest BCUT2D eigenvalue weighted by Gasteiger charge is -2.36. The van der Waals surface area contributed by atoms with Gasteiger partial charge in [-0.05, 0) is 12.0 Å². The molecule has 1 aromatic carbocycles. The predicted octanol–water partition coefficient (Wildman–Crippen LogP) is 1.30. The Kier molecular flexibility index (Phi) is 4.84. The zero-order chi connectivity index (χ0) is 15.5. The Labute approximate surface area is 120 Å². The van der Waals surface area contributed by atoms with Crippen LogP contribution in [0.5, 0.6) is 0 Å². The van der Waals surface area contributed by atoms with Crippen LogP contribution >= 0.6 is 0 Å². The van der Waals surface area contributed by atoms with Gasteiger partial charge in [-0.25, -0.2) is 0 Å². The molecule has 0 spiro atoms. The highest BCUT2D eigenvalue weighted by Gasteiger charge is 2.40. The lowest BCUT2D eigenvalue weighted by atomic mass is 10.0. The van der Waals surface area contributed by atoms with Crippen molar-refractivity contribution >= 4 is 5.91 Å². The zero-order valence-electron chi connectivity index (χ0n) is 11.3. The predicted molar refractivity (Wildman–Crippen MR) is 70.3 cm³/mol. The fraction of sp³-hybridized carbons (Fsp3) is 0.500. The molecule has 0 saturated carbocycles. The first-order valence-electron chi connectivity index (χ1n) is 6.66. The van der Waals surface area contributed by atoms with Crippen LogP contribution in [0.3, 0.4) is 0 Å². The highest BCUT2D eigenvalue weighted by Crippen LogP contribution is 2.18. The summed E-state index contributed by atoms with van der Waals surface area (Å²) < 4.78 is 36.8. The summed E-state index contributed by atoms with van der Waals surface area (Å²) in [5.41, 5.74) is 1.01. The monoisotopic (exact) mass is 302 g/mol. The number of nitrogens with one attached hydrogen (secondary N) is 1. The second kappa shape index (κ2) is 6.44. The average molecular weight is 302 g/mol. The minimum absolute atomic E-state index is 0.132. The molecule has 21 heavy (non-hydrogen) atoms. The number of carbonyl (C=O) groups excluding carboxylic acids is 1. The molecule has 1 heterocycles. The maximum absolute atomic E-state index is 12.3. The lowest BCUT2D eigenvalue weighted by Crippen LogP contribution is -2.54. The number of carbonyl (C=O) groups is 1. The van der Waals surface area contributed by atoms with Crippen LogP contribution in [0, 0.1) is 0 Å². The van der Waals surface area contributed by atoms with E-state index in [4.69, 9.17) is 0 Å². The molecule has 1 aliphatic rings. The summed E-state index contributed by atoms with van der Waals surface area (Å²) in [4.78, 5) is 12.8. The number of likely N-dealkylation sites (tertiary alicyclic amines) is 1. The van der Waals surface area contributed by atoms with E-state index >= 15 is 0 Å². The van der Waals surface area contributed by atoms with Crippen molar-refractivity contribution < 1.29 is 23.1 Å². The third-order valence-electron chi connectivity index (χ3n) is 3.35. The third kappa shape index (κ3) is 4.71. The Morgan fingerprint density at radius 1 is 1.29 bits per heavy atom. The van der Waals surface area contributed by atoms with Crippen LogP contribution in [-0.2, 0) is 11.3 Å². The van der Waals surface area contributed by atoms with Gasteiger partial charge in [0, 0.05) is 25.7 Å². The number of piperidine rings is 1. The van der Waals surface area contributed by atoms with E-state index in [1.54, 1.807) is 0 Å². The number of aliphatic hydroxyl groups is 1. The van der Waals surface area contributed by atoms with E-state index in [0.717, 1.165) is 5.56 Å². The number of β-amino-alcohol motifs (C(OH)–C–C–N with tert-alkyl or cyclic N) is 1. The van der Waals surface area contributed by atoms with Gasteiger partial charge in [0.2, 0.25) is 0 Å². The smallest absolute Gasteiger partial charge is 0.392 e. The minimum Gasteiger partial charge on any atom is -0.392 e. The zero-order valence-corrected chi connectivity index (χ0v) is 11.3. The normalized spacial score (nSPS) is 23.8. The molecule has 2 N–H and O–H groups in total. The molecular weight excluding hydrogens is 285 g/mol. The summed E-state index contributed by atoms with van der Waals surface area (Å²) in [6.07, 6.45) is -5.51. The van der Waals surface area contributed by atoms with Gasteiger partial charge in [0.25, 0.3) is 0 Å². The summed E-state index contributed by atoms with van der Waals surface area (Å²) >= 11 is 0. The SMILES string of the molecule is O=C(NC1CC(O)CN(Cc2ccccc2)C1)C(F)(F)F. The average Bonchev–Trinajstić information content (AvgIpc) is 2.38. The maximum Gasteiger partial charge on any atom is 0.471 e. The molecule has 4 nitrogen and oxygen atoms in total. The molecule has 116 valence electrons. The molecule has 0 bridgehead atoms. The van der Waals surface area contributed by atoms with E-state index in [1.807, 2.05) is 40.5 Å². The maximum atomic E-state index is 12.3. The summed E-state index contributed by atoms with van der Waals surface area (Å²) in [5, 5.41) is 11.7. The number of hydrogen-bond acceptors (Lipinski definition) is 3. The molecule has 1 amide bonds. The molecule has 1 fully saturated rings. The van der Waals surface area contributed by atoms with Gasteiger partial charge in [-0.1, -0.05) is 30.3 Å². The fourth-order valence-electron chi connectivity index (χ4n) is 2.50. The number of halogens is 3. The quantitative estimate of drug-likeness (QED) is 0.885. The molecule has 2 unspecified atom stereocenters. The van der Waals surface area contributed by atoms with Gasteiger partial charge in [0.15, 0.2) is 0 Å². The topological polar surface area (TPSA) is 52.6 Å². The number of benzene rings is 1. The van der Waals surface area contributed by atoms with Crippen molar-refractivity contribution in [3.8, 4) is 0 Å². The summed E-state index contributed by atoms with van der Waals surface area (Å²) in [6, 6.07) is 8.73. The van der Waals surface area contributed by atoms with Crippen LogP contribution in [0.1, 0.15) is 12.0 Å². The van der Waals surface area contributed by atoms with Gasteiger partial charge >= 0.3 is 12.1 Å². The molecular formula is C14H17F3N2O2. The highest BCUT2D eigenvalue weighted by molar-refractivity contribution is 5.81. The molecule has 2 atom stereocenters. The molecule has 1 saturated heterocycles. The Morgan fingerprint density at radius 2 is 1.95 bits per heavy atom. The number of aliphatic hydroxyl groups excluding tert-OH is 1. The Bertz CT molecular complexity index is 479. The molecule has 0 radical (unpaired) electrons. The van der Waals surface area contributed by atoms with E-state index in [0.29, 0.717) is 13.1 Å². The van der Waals surface area contributed by atoms with E-state index in [-0.39, 0.29) is 13.0 Å². The van der Waals surface area contributed by atoms with Crippen LogP contribution in [-0.4, -0.2) is 47.3 Å². The number of rotatable bonds is 3. The molecule has 0 aliphatic carbocycles. The number of alkyl halides is 3. The largest absolute Gasteiger partial charge is 0.471 e. The first-order valence-corrected chi connectivity index (χ1v) is 6.66. The molecule has 7 heteroatoms. The fourth-order valence-corrected chi connectivity index (χ4v) is 2.50. The molecule has 1 aromatic rings. The first-order chi connectivity index (χ1) is 9.84. The highest BCUT2D eigenvalue weighted by atomic mass is 19.4. The van der Waals surface area contributed by atoms with Crippen LogP contribution in [0.15, 0.2) is 30.3 Å². The second-order valence-corrected chi connectivity index (χ2v) is 5.24. The summed E-state index contributed by atoms with van der Waals surface area (Å²) in [5.74, 6) is -1.96. The number of hydrogen-bond donors (Lipinski definition) is 2. The Balaban J connectivity index is 1.94. The van der Waals surface area contributed by atoms with Gasteiger partial charge in [0.1, 0.15) is 0 Å². The molecule has 0 aromatic heterocycles. The van der Waals surface area contributed by atoms with E-state index in [1.165, 1.54) is 0 Å². The van der Waals surface area contributed by atoms with Crippen LogP contribution in [0.4, 0.5) is 13.2 Å². The van der Waals surface area contributed by atoms with Crippen LogP contribution in [0.2, 0.25) is 0 Å². The van der Waals surface area contributed by atoms with Crippen molar-refractivity contribution in [3.05, 3.63) is 35.9 Å². The lowest BCUT2D eigenvalue weighted by molar-refractivity contribution is -0.175. The standard InChI is InChI=1S/C14H17F3N2O2/c15-14(16,17)13(21)18-11-6-12(20)9-19(8-11)7-10-4-2-1-3-5-10/h1-5,11-12,20H,6-9H2,(H,18,21). The summed E-state index contributed by atoms with van der Waals surface area (Å²) in [7, 11) is 0. The number of nitrogens with zero attached hydrogens (tertiary/aromatic N) is 1. The summed E-state index contributed by atoms with van der Waals surface area (Å²) in [6.45, 7) is 1.19. The first kappa shape index (κ1) is 15.8. The van der Waals surface area contributed by atoms with Crippen molar-refractivity contribution in [1.82, 2.24) is 10.2 Å². The van der Waals surface area contributed by atoms with E-state index in [9.17, 15) is 23.1 Å². The van der Waals surface area contributed by atoms with Gasteiger partial charge < -0.3 is 10.4 Å². The minimum atomic E-state index is -4.90. The van der Waals surface area contributed by atoms with Crippen LogP contribution < -0.4 is 5.32 Å². The molecule has 2 rings (SSSR count). The Morgan fingerprint density at radius 3 is 2.57 bits per heavy atom. The number of amides is 1. The Hall–Kier alpha value is -1.60. The van der Waals surface area contributed by atoms with E-state index in [2.05, 4.69) is 0 Å². The van der Waals surface area contributed by atoms with Gasteiger partial charge in [0.05, 0.1) is 6.10 Å².